The highest BCUT2D eigenvalue weighted by atomic mass is 16.2. The van der Waals surface area contributed by atoms with Crippen LogP contribution < -0.4 is 16.3 Å². The van der Waals surface area contributed by atoms with Gasteiger partial charge in [0.2, 0.25) is 0 Å². The number of amides is 1. The molecular weight excluding hydrogens is 170 g/mol. The van der Waals surface area contributed by atoms with Gasteiger partial charge in [0.1, 0.15) is 22.0 Å². The summed E-state index contributed by atoms with van der Waals surface area (Å²) in [6.07, 6.45) is -4.79. The van der Waals surface area contributed by atoms with Gasteiger partial charge in [-0.25, -0.2) is 9.98 Å². The molecule has 0 radical (unpaired) electrons. The Morgan fingerprint density at radius 1 is 1.92 bits per heavy atom. The molecule has 4 N–H and O–H groups in total. The van der Waals surface area contributed by atoms with Crippen molar-refractivity contribution in [3.8, 4) is 0 Å². The normalized spacial score (nSPS) is 52.5. The summed E-state index contributed by atoms with van der Waals surface area (Å²) in [5, 5.41) is 0.0790. The zero-order chi connectivity index (χ0) is 14.6. The van der Waals surface area contributed by atoms with E-state index < -0.39 is 24.0 Å². The van der Waals surface area contributed by atoms with Crippen LogP contribution in [0.3, 0.4) is 0 Å². The van der Waals surface area contributed by atoms with Crippen molar-refractivity contribution >= 4 is 17.5 Å². The Morgan fingerprint density at radius 2 is 2.77 bits per heavy atom. The van der Waals surface area contributed by atoms with Crippen LogP contribution >= 0.6 is 0 Å². The molecule has 6 heteroatoms. The first kappa shape index (κ1) is 3.85. The third-order valence-electron chi connectivity index (χ3n) is 1.61. The van der Waals surface area contributed by atoms with Crippen LogP contribution in [0.15, 0.2) is 9.98 Å². The summed E-state index contributed by atoms with van der Waals surface area (Å²) < 4.78 is 45.3. The van der Waals surface area contributed by atoms with Gasteiger partial charge in [-0.1, -0.05) is 6.92 Å². The first-order valence-corrected chi connectivity index (χ1v) is 3.78. The van der Waals surface area contributed by atoms with Gasteiger partial charge in [0.05, 0.1) is 2.74 Å². The first-order valence-electron chi connectivity index (χ1n) is 6.57. The molecule has 6 nitrogen and oxygen atoms in total. The van der Waals surface area contributed by atoms with Gasteiger partial charge in [-0.2, -0.15) is 0 Å². The third kappa shape index (κ3) is 1.34. The van der Waals surface area contributed by atoms with Crippen LogP contribution in [0.5, 0.6) is 0 Å². The number of nitrogens with zero attached hydrogens (tertiary/aromatic N) is 2. The highest BCUT2D eigenvalue weighted by Gasteiger charge is 2.33. The molecule has 1 fully saturated rings. The average molecular weight is 187 g/mol. The standard InChI is InChI=1S/C7H11N5O/c1-2-3-9-4-5(10-3)11-7(8)12-6(4)13/h5,7,11H,2,8H2,1H3,(H,12,13)/i5D,7D/hD4. The van der Waals surface area contributed by atoms with Crippen molar-refractivity contribution in [2.75, 3.05) is 0 Å². The second-order valence-corrected chi connectivity index (χ2v) is 2.49. The van der Waals surface area contributed by atoms with E-state index in [9.17, 15) is 4.79 Å². The van der Waals surface area contributed by atoms with E-state index in [0.717, 1.165) is 0 Å². The lowest BCUT2D eigenvalue weighted by molar-refractivity contribution is -0.116. The molecule has 0 aromatic carbocycles. The molecule has 1 saturated heterocycles. The highest BCUT2D eigenvalue weighted by Crippen LogP contribution is 2.09. The summed E-state index contributed by atoms with van der Waals surface area (Å²) in [6.45, 7) is 1.69. The fourth-order valence-corrected chi connectivity index (χ4v) is 1.02. The predicted molar refractivity (Wildman–Crippen MR) is 48.2 cm³/mol. The fraction of sp³-hybridized carbons (Fsp3) is 0.571. The van der Waals surface area contributed by atoms with E-state index in [2.05, 4.69) is 9.98 Å². The molecule has 2 rings (SSSR count). The Kier molecular flexibility index (Phi) is 0.857. The van der Waals surface area contributed by atoms with E-state index in [1.807, 2.05) is 0 Å². The number of amidine groups is 1. The summed E-state index contributed by atoms with van der Waals surface area (Å²) in [7, 11) is 0. The van der Waals surface area contributed by atoms with Crippen molar-refractivity contribution < 1.29 is 13.2 Å². The Balaban J connectivity index is 2.59. The van der Waals surface area contributed by atoms with Crippen LogP contribution in [0.25, 0.3) is 0 Å². The molecule has 0 aromatic heterocycles. The number of nitrogens with one attached hydrogen (secondary N) is 2. The second kappa shape index (κ2) is 2.90. The first-order chi connectivity index (χ1) is 8.69. The molecule has 2 unspecified atom stereocenters. The average Bonchev–Trinajstić information content (AvgIpc) is 2.72. The van der Waals surface area contributed by atoms with Crippen LogP contribution in [0.4, 0.5) is 0 Å². The van der Waals surface area contributed by atoms with E-state index in [-0.39, 0.29) is 22.2 Å². The number of aliphatic imine (C=N–C) groups is 2. The second-order valence-electron chi connectivity index (χ2n) is 2.49. The third-order valence-corrected chi connectivity index (χ3v) is 1.61. The Morgan fingerprint density at radius 3 is 3.46 bits per heavy atom. The lowest BCUT2D eigenvalue weighted by Gasteiger charge is -2.25. The number of hydrogen-bond donors (Lipinski definition) is 3. The number of nitrogens with two attached hydrogens (primary N) is 1. The summed E-state index contributed by atoms with van der Waals surface area (Å²) in [4.78, 5) is 19.5. The zero-order valence-corrected chi connectivity index (χ0v) is 6.85. The lowest BCUT2D eigenvalue weighted by atomic mass is 10.2. The number of fused-ring (bicyclic) bond motifs is 1. The SMILES string of the molecule is [2H]N([2H])C1([2H])N([2H])C(=O)C2=NC(CC)=NC2([2H])N1[2H]. The van der Waals surface area contributed by atoms with E-state index in [1.54, 1.807) is 6.92 Å². The Hall–Kier alpha value is -1.27. The zero-order valence-electron chi connectivity index (χ0n) is 12.9. The van der Waals surface area contributed by atoms with Gasteiger partial charge in [0, 0.05) is 6.42 Å². The maximum absolute atomic E-state index is 11.9. The van der Waals surface area contributed by atoms with Gasteiger partial charge >= 0.3 is 0 Å². The quantitative estimate of drug-likeness (QED) is 0.493. The molecule has 2 heterocycles. The van der Waals surface area contributed by atoms with E-state index in [1.165, 1.54) is 0 Å². The van der Waals surface area contributed by atoms with Crippen molar-refractivity contribution in [3.63, 3.8) is 0 Å². The number of carbonyl (C=O) groups excluding carboxylic acids is 1. The molecule has 0 saturated carbocycles. The summed E-state index contributed by atoms with van der Waals surface area (Å²) >= 11 is 0. The molecule has 70 valence electrons. The van der Waals surface area contributed by atoms with Gasteiger partial charge in [-0.15, -0.1) is 0 Å². The Labute approximate surface area is 84.0 Å². The topological polar surface area (TPSA) is 91.9 Å². The van der Waals surface area contributed by atoms with E-state index >= 15 is 0 Å². The van der Waals surface area contributed by atoms with Crippen molar-refractivity contribution in [3.05, 3.63) is 0 Å². The number of carbonyl (C=O) groups is 1. The van der Waals surface area contributed by atoms with Crippen molar-refractivity contribution in [1.82, 2.24) is 10.6 Å². The lowest BCUT2D eigenvalue weighted by Crippen LogP contribution is -2.64. The molecule has 1 amide bonds. The van der Waals surface area contributed by atoms with Crippen molar-refractivity contribution in [1.29, 1.82) is 0 Å². The molecule has 2 atom stereocenters. The predicted octanol–water partition coefficient (Wildman–Crippen LogP) is -1.46. The van der Waals surface area contributed by atoms with Gasteiger partial charge in [0.15, 0.2) is 7.55 Å². The van der Waals surface area contributed by atoms with Crippen LogP contribution in [0.2, 0.25) is 5.65 Å². The molecule has 0 aliphatic carbocycles. The van der Waals surface area contributed by atoms with Crippen LogP contribution in [0, 0.1) is 0 Å². The number of hydrogen-bond acceptors (Lipinski definition) is 5. The molecule has 13 heavy (non-hydrogen) atoms. The van der Waals surface area contributed by atoms with Gasteiger partial charge in [0.25, 0.3) is 5.91 Å². The molecule has 2 aliphatic heterocycles. The smallest absolute Gasteiger partial charge is 0.271 e. The van der Waals surface area contributed by atoms with E-state index in [0.29, 0.717) is 6.42 Å². The number of rotatable bonds is 2. The molecule has 2 aliphatic rings. The fourth-order valence-electron chi connectivity index (χ4n) is 1.02. The molecular formula is C7H11N5O. The maximum Gasteiger partial charge on any atom is 0.271 e. The van der Waals surface area contributed by atoms with Crippen LogP contribution in [-0.2, 0) is 4.79 Å². The van der Waals surface area contributed by atoms with Crippen molar-refractivity contribution in [2.45, 2.75) is 25.8 Å². The summed E-state index contributed by atoms with van der Waals surface area (Å²) in [5.41, 5.74) is -0.781. The minimum Gasteiger partial charge on any atom is -0.323 e. The Bertz CT molecular complexity index is 496. The van der Waals surface area contributed by atoms with Crippen LogP contribution in [-0.4, -0.2) is 29.9 Å². The highest BCUT2D eigenvalue weighted by molar-refractivity contribution is 6.44. The molecule has 0 bridgehead atoms. The monoisotopic (exact) mass is 187 g/mol. The van der Waals surface area contributed by atoms with Gasteiger partial charge in [-0.05, 0) is 0 Å². The van der Waals surface area contributed by atoms with Crippen LogP contribution in [0.1, 0.15) is 16.1 Å². The van der Waals surface area contributed by atoms with E-state index in [4.69, 9.17) is 8.39 Å². The van der Waals surface area contributed by atoms with Gasteiger partial charge in [-0.3, -0.25) is 15.8 Å². The summed E-state index contributed by atoms with van der Waals surface area (Å²) in [6, 6.07) is 0. The molecule has 0 spiro atoms. The largest absolute Gasteiger partial charge is 0.323 e. The maximum atomic E-state index is 11.9. The summed E-state index contributed by atoms with van der Waals surface area (Å²) in [5.74, 6) is -0.972. The minimum absolute atomic E-state index is 0.0419. The molecule has 0 aromatic rings. The van der Waals surface area contributed by atoms with Gasteiger partial charge < -0.3 is 5.31 Å². The van der Waals surface area contributed by atoms with Crippen molar-refractivity contribution in [2.24, 2.45) is 15.7 Å². The minimum atomic E-state index is -2.80.